The van der Waals surface area contributed by atoms with E-state index in [0.29, 0.717) is 28.5 Å². The number of halogens is 1. The van der Waals surface area contributed by atoms with Crippen LogP contribution in [0.1, 0.15) is 30.5 Å². The van der Waals surface area contributed by atoms with Crippen LogP contribution in [0.5, 0.6) is 0 Å². The van der Waals surface area contributed by atoms with Gasteiger partial charge in [0.15, 0.2) is 0 Å². The second kappa shape index (κ2) is 5.29. The van der Waals surface area contributed by atoms with Gasteiger partial charge in [0.25, 0.3) is 5.56 Å². The zero-order valence-corrected chi connectivity index (χ0v) is 11.4. The van der Waals surface area contributed by atoms with Gasteiger partial charge >= 0.3 is 0 Å². The largest absolute Gasteiger partial charge is 0.378 e. The van der Waals surface area contributed by atoms with Crippen molar-refractivity contribution in [1.82, 2.24) is 9.97 Å². The molecule has 2 rings (SSSR count). The van der Waals surface area contributed by atoms with E-state index in [1.807, 2.05) is 0 Å². The maximum Gasteiger partial charge on any atom is 0.265 e. The lowest BCUT2D eigenvalue weighted by Gasteiger charge is -2.14. The highest BCUT2D eigenvalue weighted by molar-refractivity contribution is 9.10. The van der Waals surface area contributed by atoms with Crippen LogP contribution < -0.4 is 5.56 Å². The summed E-state index contributed by atoms with van der Waals surface area (Å²) in [6.45, 7) is 0.304. The molecule has 94 valence electrons. The first-order valence-corrected chi connectivity index (χ1v) is 6.27. The zero-order valence-electron chi connectivity index (χ0n) is 9.83. The molecular formula is C11H15BrN2O3. The summed E-state index contributed by atoms with van der Waals surface area (Å²) in [6.07, 6.45) is 2.13. The summed E-state index contributed by atoms with van der Waals surface area (Å²) >= 11 is 3.21. The molecule has 1 fully saturated rings. The third kappa shape index (κ3) is 2.75. The Bertz CT molecular complexity index is 457. The number of aromatic amines is 1. The summed E-state index contributed by atoms with van der Waals surface area (Å²) in [4.78, 5) is 18.9. The summed E-state index contributed by atoms with van der Waals surface area (Å²) < 4.78 is 10.8. The van der Waals surface area contributed by atoms with Gasteiger partial charge in [0.05, 0.1) is 12.3 Å². The molecule has 1 aliphatic carbocycles. The van der Waals surface area contributed by atoms with Crippen molar-refractivity contribution in [2.45, 2.75) is 25.6 Å². The molecule has 0 amide bonds. The summed E-state index contributed by atoms with van der Waals surface area (Å²) in [5.74, 6) is 1.06. The van der Waals surface area contributed by atoms with Gasteiger partial charge < -0.3 is 14.5 Å². The van der Waals surface area contributed by atoms with Crippen molar-refractivity contribution in [3.63, 3.8) is 0 Å². The topological polar surface area (TPSA) is 64.2 Å². The molecule has 1 saturated carbocycles. The Labute approximate surface area is 108 Å². The van der Waals surface area contributed by atoms with Crippen LogP contribution in [0.2, 0.25) is 0 Å². The summed E-state index contributed by atoms with van der Waals surface area (Å²) in [7, 11) is 3.21. The number of aromatic nitrogens is 2. The van der Waals surface area contributed by atoms with E-state index in [1.54, 1.807) is 14.2 Å². The van der Waals surface area contributed by atoms with Gasteiger partial charge in [0.1, 0.15) is 16.4 Å². The first-order chi connectivity index (χ1) is 8.17. The number of methoxy groups -OCH3 is 2. The highest BCUT2D eigenvalue weighted by Gasteiger charge is 2.34. The van der Waals surface area contributed by atoms with Crippen LogP contribution in [0.4, 0.5) is 0 Å². The average molecular weight is 303 g/mol. The molecule has 0 radical (unpaired) electrons. The smallest absolute Gasteiger partial charge is 0.265 e. The van der Waals surface area contributed by atoms with Gasteiger partial charge in [-0.1, -0.05) is 0 Å². The minimum atomic E-state index is -0.190. The number of nitrogens with one attached hydrogen (secondary N) is 1. The quantitative estimate of drug-likeness (QED) is 0.900. The van der Waals surface area contributed by atoms with E-state index >= 15 is 0 Å². The van der Waals surface area contributed by atoms with Crippen molar-refractivity contribution < 1.29 is 9.47 Å². The van der Waals surface area contributed by atoms with Gasteiger partial charge in [-0.05, 0) is 34.7 Å². The Balaban J connectivity index is 2.36. The molecule has 1 aromatic heterocycles. The van der Waals surface area contributed by atoms with Crippen LogP contribution in [0, 0.1) is 5.92 Å². The van der Waals surface area contributed by atoms with E-state index in [1.165, 1.54) is 0 Å². The Morgan fingerprint density at radius 3 is 2.76 bits per heavy atom. The molecule has 0 bridgehead atoms. The maximum atomic E-state index is 11.7. The molecule has 5 nitrogen and oxygen atoms in total. The van der Waals surface area contributed by atoms with E-state index in [2.05, 4.69) is 25.9 Å². The number of H-pyrrole nitrogens is 1. The fourth-order valence-corrected chi connectivity index (χ4v) is 2.12. The lowest BCUT2D eigenvalue weighted by atomic mass is 10.2. The summed E-state index contributed by atoms with van der Waals surface area (Å²) in [5, 5.41) is 0. The zero-order chi connectivity index (χ0) is 12.4. The normalized spacial score (nSPS) is 17.1. The minimum absolute atomic E-state index is 0.119. The second-order valence-corrected chi connectivity index (χ2v) is 4.93. The standard InChI is InChI=1S/C11H15BrN2O3/c1-16-5-7-8(12)11(15)14-10(13-7)9(17-2)6-3-4-6/h6,9H,3-5H2,1-2H3,(H,13,14,15). The highest BCUT2D eigenvalue weighted by Crippen LogP contribution is 2.41. The predicted molar refractivity (Wildman–Crippen MR) is 65.7 cm³/mol. The van der Waals surface area contributed by atoms with Crippen LogP contribution >= 0.6 is 15.9 Å². The monoisotopic (exact) mass is 302 g/mol. The molecule has 0 spiro atoms. The molecule has 0 saturated heterocycles. The third-order valence-electron chi connectivity index (χ3n) is 2.80. The fraction of sp³-hybridized carbons (Fsp3) is 0.636. The maximum absolute atomic E-state index is 11.7. The van der Waals surface area contributed by atoms with E-state index in [0.717, 1.165) is 12.8 Å². The second-order valence-electron chi connectivity index (χ2n) is 4.14. The van der Waals surface area contributed by atoms with Gasteiger partial charge in [-0.25, -0.2) is 4.98 Å². The first-order valence-electron chi connectivity index (χ1n) is 5.47. The predicted octanol–water partition coefficient (Wildman–Crippen LogP) is 1.78. The molecule has 1 aromatic rings. The van der Waals surface area contributed by atoms with Crippen molar-refractivity contribution in [2.75, 3.05) is 14.2 Å². The number of hydrogen-bond acceptors (Lipinski definition) is 4. The van der Waals surface area contributed by atoms with Crippen molar-refractivity contribution >= 4 is 15.9 Å². The SMILES string of the molecule is COCc1nc(C(OC)C2CC2)[nH]c(=O)c1Br. The Hall–Kier alpha value is -0.720. The van der Waals surface area contributed by atoms with Crippen molar-refractivity contribution in [1.29, 1.82) is 0 Å². The van der Waals surface area contributed by atoms with Gasteiger partial charge in [-0.2, -0.15) is 0 Å². The molecule has 0 aliphatic heterocycles. The van der Waals surface area contributed by atoms with Crippen LogP contribution in [0.15, 0.2) is 9.27 Å². The molecule has 1 atom stereocenters. The highest BCUT2D eigenvalue weighted by atomic mass is 79.9. The van der Waals surface area contributed by atoms with Gasteiger partial charge in [-0.3, -0.25) is 4.79 Å². The molecule has 17 heavy (non-hydrogen) atoms. The lowest BCUT2D eigenvalue weighted by Crippen LogP contribution is -2.20. The summed E-state index contributed by atoms with van der Waals surface area (Å²) in [6, 6.07) is 0. The molecule has 6 heteroatoms. The lowest BCUT2D eigenvalue weighted by molar-refractivity contribution is 0.0761. The molecule has 1 aliphatic rings. The van der Waals surface area contributed by atoms with Crippen molar-refractivity contribution in [2.24, 2.45) is 5.92 Å². The molecular weight excluding hydrogens is 288 g/mol. The van der Waals surface area contributed by atoms with E-state index in [-0.39, 0.29) is 11.7 Å². The minimum Gasteiger partial charge on any atom is -0.378 e. The van der Waals surface area contributed by atoms with Crippen LogP contribution in [0.25, 0.3) is 0 Å². The van der Waals surface area contributed by atoms with Crippen LogP contribution in [0.3, 0.4) is 0 Å². The van der Waals surface area contributed by atoms with E-state index < -0.39 is 0 Å². The van der Waals surface area contributed by atoms with Crippen LogP contribution in [-0.4, -0.2) is 24.2 Å². The van der Waals surface area contributed by atoms with E-state index in [4.69, 9.17) is 9.47 Å². The Kier molecular flexibility index (Phi) is 3.96. The Morgan fingerprint density at radius 1 is 1.53 bits per heavy atom. The number of hydrogen-bond donors (Lipinski definition) is 1. The molecule has 1 heterocycles. The van der Waals surface area contributed by atoms with Gasteiger partial charge in [0, 0.05) is 14.2 Å². The molecule has 1 unspecified atom stereocenters. The fourth-order valence-electron chi connectivity index (χ4n) is 1.82. The van der Waals surface area contributed by atoms with E-state index in [9.17, 15) is 4.79 Å². The van der Waals surface area contributed by atoms with Gasteiger partial charge in [0.2, 0.25) is 0 Å². The number of nitrogens with zero attached hydrogens (tertiary/aromatic N) is 1. The van der Waals surface area contributed by atoms with Crippen molar-refractivity contribution in [3.05, 3.63) is 26.3 Å². The van der Waals surface area contributed by atoms with Gasteiger partial charge in [-0.15, -0.1) is 0 Å². The number of rotatable bonds is 5. The Morgan fingerprint density at radius 2 is 2.24 bits per heavy atom. The summed E-state index contributed by atoms with van der Waals surface area (Å²) in [5.41, 5.74) is 0.415. The van der Waals surface area contributed by atoms with Crippen molar-refractivity contribution in [3.8, 4) is 0 Å². The molecule has 1 N–H and O–H groups in total. The average Bonchev–Trinajstić information content (AvgIpc) is 3.11. The number of ether oxygens (including phenoxy) is 2. The third-order valence-corrected chi connectivity index (χ3v) is 3.62. The molecule has 0 aromatic carbocycles. The first kappa shape index (κ1) is 12.7. The van der Waals surface area contributed by atoms with Crippen LogP contribution in [-0.2, 0) is 16.1 Å².